The highest BCUT2D eigenvalue weighted by Crippen LogP contribution is 2.43. The van der Waals surface area contributed by atoms with Gasteiger partial charge in [-0.1, -0.05) is 59.6 Å². The van der Waals surface area contributed by atoms with E-state index < -0.39 is 38.3 Å². The van der Waals surface area contributed by atoms with Crippen molar-refractivity contribution in [1.29, 1.82) is 0 Å². The highest BCUT2D eigenvalue weighted by atomic mass is 35.5. The Kier molecular flexibility index (Phi) is 5.79. The summed E-state index contributed by atoms with van der Waals surface area (Å²) in [5.74, 6) is -2.20. The van der Waals surface area contributed by atoms with Crippen molar-refractivity contribution in [3.8, 4) is 0 Å². The molecule has 0 aromatic heterocycles. The highest BCUT2D eigenvalue weighted by Gasteiger charge is 2.47. The third kappa shape index (κ3) is 3.89. The quantitative estimate of drug-likeness (QED) is 0.560. The molecule has 0 saturated heterocycles. The van der Waals surface area contributed by atoms with E-state index >= 15 is 0 Å². The first-order valence-corrected chi connectivity index (χ1v) is 11.6. The normalized spacial score (nSPS) is 16.7. The summed E-state index contributed by atoms with van der Waals surface area (Å²) in [6, 6.07) is 17.0. The first-order chi connectivity index (χ1) is 15.2. The maximum absolute atomic E-state index is 13.6. The summed E-state index contributed by atoms with van der Waals surface area (Å²) in [6.07, 6.45) is 0. The molecule has 1 atom stereocenters. The number of aliphatic hydroxyl groups is 1. The molecule has 0 aliphatic carbocycles. The second-order valence-corrected chi connectivity index (χ2v) is 9.83. The Morgan fingerprint density at radius 3 is 2.25 bits per heavy atom. The largest absolute Gasteiger partial charge is 0.502 e. The van der Waals surface area contributed by atoms with Gasteiger partial charge in [-0.2, -0.15) is 0 Å². The van der Waals surface area contributed by atoms with Crippen LogP contribution in [-0.2, 0) is 21.2 Å². The Morgan fingerprint density at radius 2 is 1.62 bits per heavy atom. The van der Waals surface area contributed by atoms with E-state index in [-0.39, 0.29) is 11.4 Å². The van der Waals surface area contributed by atoms with Crippen molar-refractivity contribution in [2.45, 2.75) is 24.4 Å². The number of aliphatic hydroxyl groups excluding tert-OH is 1. The summed E-state index contributed by atoms with van der Waals surface area (Å²) >= 11 is 6.26. The molecule has 0 bridgehead atoms. The fourth-order valence-electron chi connectivity index (χ4n) is 3.70. The summed E-state index contributed by atoms with van der Waals surface area (Å²) in [6.45, 7) is 1.77. The maximum Gasteiger partial charge on any atom is 0.290 e. The van der Waals surface area contributed by atoms with E-state index in [0.717, 1.165) is 5.56 Å². The predicted molar refractivity (Wildman–Crippen MR) is 119 cm³/mol. The van der Waals surface area contributed by atoms with Gasteiger partial charge < -0.3 is 10.0 Å². The molecule has 32 heavy (non-hydrogen) atoms. The van der Waals surface area contributed by atoms with Gasteiger partial charge in [-0.15, -0.1) is 0 Å². The number of aryl methyl sites for hydroxylation is 1. The van der Waals surface area contributed by atoms with Crippen molar-refractivity contribution < 1.29 is 22.7 Å². The zero-order valence-corrected chi connectivity index (χ0v) is 18.6. The molecule has 3 aromatic carbocycles. The van der Waals surface area contributed by atoms with Gasteiger partial charge >= 0.3 is 0 Å². The first-order valence-electron chi connectivity index (χ1n) is 9.75. The second kappa shape index (κ2) is 8.41. The zero-order chi connectivity index (χ0) is 23.0. The van der Waals surface area contributed by atoms with Crippen molar-refractivity contribution in [1.82, 2.24) is 4.90 Å². The van der Waals surface area contributed by atoms with Gasteiger partial charge in [0.2, 0.25) is 9.84 Å². The first kappa shape index (κ1) is 22.0. The van der Waals surface area contributed by atoms with E-state index in [1.807, 2.05) is 6.92 Å². The number of nitrogens with zero attached hydrogens (tertiary/aromatic N) is 1. The molecule has 5 nitrogen and oxygen atoms in total. The Labute approximate surface area is 190 Å². The third-order valence-corrected chi connectivity index (χ3v) is 7.62. The fourth-order valence-corrected chi connectivity index (χ4v) is 5.54. The molecule has 1 N–H and O–H groups in total. The summed E-state index contributed by atoms with van der Waals surface area (Å²) in [5.41, 5.74) is 1.79. The predicted octanol–water partition coefficient (Wildman–Crippen LogP) is 5.11. The number of hydrogen-bond donors (Lipinski definition) is 1. The fraction of sp³-hybridized carbons (Fsp3) is 0.125. The summed E-state index contributed by atoms with van der Waals surface area (Å²) in [7, 11) is -4.24. The summed E-state index contributed by atoms with van der Waals surface area (Å²) in [4.78, 5) is 13.8. The second-order valence-electron chi connectivity index (χ2n) is 7.51. The van der Waals surface area contributed by atoms with Crippen LogP contribution in [0.25, 0.3) is 0 Å². The lowest BCUT2D eigenvalue weighted by Crippen LogP contribution is -2.30. The van der Waals surface area contributed by atoms with Crippen LogP contribution in [0.5, 0.6) is 0 Å². The number of hydrogen-bond acceptors (Lipinski definition) is 4. The van der Waals surface area contributed by atoms with Gasteiger partial charge in [-0.3, -0.25) is 4.79 Å². The van der Waals surface area contributed by atoms with Gasteiger partial charge in [-0.05, 0) is 48.4 Å². The number of carbonyl (C=O) groups excluding carboxylic acids is 1. The molecule has 1 amide bonds. The van der Waals surface area contributed by atoms with Crippen LogP contribution in [0.2, 0.25) is 5.02 Å². The van der Waals surface area contributed by atoms with E-state index in [2.05, 4.69) is 0 Å². The minimum Gasteiger partial charge on any atom is -0.502 e. The Hall–Kier alpha value is -3.16. The third-order valence-electron chi connectivity index (χ3n) is 5.36. The number of amides is 1. The molecule has 0 unspecified atom stereocenters. The van der Waals surface area contributed by atoms with Crippen molar-refractivity contribution in [2.75, 3.05) is 0 Å². The van der Waals surface area contributed by atoms with Crippen LogP contribution in [0.3, 0.4) is 0 Å². The van der Waals surface area contributed by atoms with Crippen LogP contribution in [0.4, 0.5) is 4.39 Å². The molecule has 0 saturated carbocycles. The lowest BCUT2D eigenvalue weighted by atomic mass is 10.1. The maximum atomic E-state index is 13.6. The molecule has 0 fully saturated rings. The molecule has 1 heterocycles. The molecular weight excluding hydrogens is 453 g/mol. The van der Waals surface area contributed by atoms with Gasteiger partial charge in [0.1, 0.15) is 10.7 Å². The number of sulfone groups is 1. The minimum atomic E-state index is -4.24. The summed E-state index contributed by atoms with van der Waals surface area (Å²) in [5, 5.41) is 11.1. The van der Waals surface area contributed by atoms with Crippen molar-refractivity contribution in [3.63, 3.8) is 0 Å². The van der Waals surface area contributed by atoms with E-state index in [4.69, 9.17) is 11.6 Å². The highest BCUT2D eigenvalue weighted by molar-refractivity contribution is 7.95. The topological polar surface area (TPSA) is 74.7 Å². The summed E-state index contributed by atoms with van der Waals surface area (Å²) < 4.78 is 40.6. The average Bonchev–Trinajstić information content (AvgIpc) is 3.02. The molecule has 3 aromatic rings. The lowest BCUT2D eigenvalue weighted by Gasteiger charge is -2.27. The van der Waals surface area contributed by atoms with Crippen LogP contribution in [-0.4, -0.2) is 24.3 Å². The lowest BCUT2D eigenvalue weighted by molar-refractivity contribution is -0.130. The van der Waals surface area contributed by atoms with Crippen LogP contribution in [0.15, 0.2) is 88.4 Å². The molecule has 1 aliphatic heterocycles. The van der Waals surface area contributed by atoms with Crippen molar-refractivity contribution >= 4 is 27.3 Å². The van der Waals surface area contributed by atoms with Crippen molar-refractivity contribution in [3.05, 3.63) is 111 Å². The number of carbonyl (C=O) groups is 1. The minimum absolute atomic E-state index is 0.0441. The van der Waals surface area contributed by atoms with E-state index in [1.54, 1.807) is 36.4 Å². The zero-order valence-electron chi connectivity index (χ0n) is 17.0. The molecule has 0 radical (unpaired) electrons. The van der Waals surface area contributed by atoms with Crippen LogP contribution >= 0.6 is 11.6 Å². The van der Waals surface area contributed by atoms with E-state index in [1.165, 1.54) is 41.3 Å². The number of rotatable bonds is 5. The van der Waals surface area contributed by atoms with E-state index in [9.17, 15) is 22.7 Å². The Balaban J connectivity index is 1.87. The molecule has 4 rings (SSSR count). The Morgan fingerprint density at radius 1 is 1.00 bits per heavy atom. The Bertz CT molecular complexity index is 1320. The average molecular weight is 472 g/mol. The van der Waals surface area contributed by atoms with Crippen LogP contribution in [0.1, 0.15) is 22.7 Å². The smallest absolute Gasteiger partial charge is 0.290 e. The van der Waals surface area contributed by atoms with Gasteiger partial charge in [-0.25, -0.2) is 12.8 Å². The van der Waals surface area contributed by atoms with Crippen molar-refractivity contribution in [2.24, 2.45) is 0 Å². The number of benzene rings is 3. The molecule has 0 spiro atoms. The van der Waals surface area contributed by atoms with Crippen LogP contribution < -0.4 is 0 Å². The van der Waals surface area contributed by atoms with E-state index in [0.29, 0.717) is 16.1 Å². The molecule has 1 aliphatic rings. The SMILES string of the molecule is Cc1ccc(S(=O)(=O)C2=C(O)C(=O)N(Cc3ccccc3Cl)[C@H]2c2ccc(F)cc2)cc1. The van der Waals surface area contributed by atoms with Gasteiger partial charge in [0, 0.05) is 11.6 Å². The molecular formula is C24H19ClFNO4S. The monoisotopic (exact) mass is 471 g/mol. The molecule has 164 valence electrons. The van der Waals surface area contributed by atoms with Crippen LogP contribution in [0, 0.1) is 12.7 Å². The van der Waals surface area contributed by atoms with Gasteiger partial charge in [0.15, 0.2) is 5.76 Å². The molecule has 8 heteroatoms. The number of halogens is 2. The standard InChI is InChI=1S/C24H19ClFNO4S/c1-15-6-12-19(13-7-15)32(30,31)23-21(16-8-10-18(26)11-9-16)27(24(29)22(23)28)14-17-4-2-3-5-20(17)25/h2-13,21,28H,14H2,1H3/t21-/m0/s1. The van der Waals surface area contributed by atoms with Gasteiger partial charge in [0.05, 0.1) is 10.9 Å². The van der Waals surface area contributed by atoms with Gasteiger partial charge in [0.25, 0.3) is 5.91 Å².